The molecule has 0 aliphatic rings. The molecular weight excluding hydrogens is 270 g/mol. The largest absolute Gasteiger partial charge is 0.495 e. The number of hydrogen-bond acceptors (Lipinski definition) is 4. The number of anilines is 1. The fourth-order valence-electron chi connectivity index (χ4n) is 1.87. The highest BCUT2D eigenvalue weighted by molar-refractivity contribution is 6.39. The molecule has 0 heterocycles. The first-order valence-electron chi connectivity index (χ1n) is 7.06. The Morgan fingerprint density at radius 3 is 2.43 bits per heavy atom. The van der Waals surface area contributed by atoms with Gasteiger partial charge in [0.05, 0.1) is 12.8 Å². The average Bonchev–Trinajstić information content (AvgIpc) is 2.51. The first kappa shape index (κ1) is 17.0. The Kier molecular flexibility index (Phi) is 7.25. The Hall–Kier alpha value is -2.08. The molecule has 0 aromatic heterocycles. The molecule has 0 saturated heterocycles. The Morgan fingerprint density at radius 2 is 1.81 bits per heavy atom. The lowest BCUT2D eigenvalue weighted by Crippen LogP contribution is -2.40. The molecule has 2 amide bonds. The Labute approximate surface area is 125 Å². The van der Waals surface area contributed by atoms with Crippen LogP contribution < -0.4 is 15.4 Å². The molecule has 1 aromatic rings. The Balaban J connectivity index is 2.46. The van der Waals surface area contributed by atoms with E-state index in [1.807, 2.05) is 0 Å². The van der Waals surface area contributed by atoms with E-state index >= 15 is 0 Å². The van der Waals surface area contributed by atoms with Crippen LogP contribution in [-0.4, -0.2) is 50.0 Å². The lowest BCUT2D eigenvalue weighted by molar-refractivity contribution is -0.136. The Morgan fingerprint density at radius 1 is 1.14 bits per heavy atom. The topological polar surface area (TPSA) is 70.7 Å². The monoisotopic (exact) mass is 293 g/mol. The maximum absolute atomic E-state index is 11.8. The summed E-state index contributed by atoms with van der Waals surface area (Å²) >= 11 is 0. The summed E-state index contributed by atoms with van der Waals surface area (Å²) in [7, 11) is 1.51. The third-order valence-corrected chi connectivity index (χ3v) is 3.17. The van der Waals surface area contributed by atoms with Gasteiger partial charge < -0.3 is 20.3 Å². The Bertz CT molecular complexity index is 473. The standard InChI is InChI=1S/C15H23N3O3/c1-4-18(5-2)11-10-16-14(19)15(20)17-12-8-6-7-9-13(12)21-3/h6-9H,4-5,10-11H2,1-3H3,(H,16,19)(H,17,20). The van der Waals surface area contributed by atoms with Crippen molar-refractivity contribution in [2.45, 2.75) is 13.8 Å². The summed E-state index contributed by atoms with van der Waals surface area (Å²) in [6.45, 7) is 7.11. The first-order valence-corrected chi connectivity index (χ1v) is 7.06. The van der Waals surface area contributed by atoms with Crippen molar-refractivity contribution >= 4 is 17.5 Å². The molecular formula is C15H23N3O3. The number of amides is 2. The summed E-state index contributed by atoms with van der Waals surface area (Å²) in [5, 5.41) is 5.14. The van der Waals surface area contributed by atoms with Gasteiger partial charge in [-0.05, 0) is 25.2 Å². The van der Waals surface area contributed by atoms with Gasteiger partial charge >= 0.3 is 11.8 Å². The maximum atomic E-state index is 11.8. The summed E-state index contributed by atoms with van der Waals surface area (Å²) in [5.74, 6) is -0.825. The van der Waals surface area contributed by atoms with E-state index in [0.717, 1.165) is 19.6 Å². The van der Waals surface area contributed by atoms with Crippen molar-refractivity contribution in [3.8, 4) is 5.75 Å². The number of hydrogen-bond donors (Lipinski definition) is 2. The minimum absolute atomic E-state index is 0.444. The number of rotatable bonds is 7. The molecule has 21 heavy (non-hydrogen) atoms. The molecule has 116 valence electrons. The second-order valence-electron chi connectivity index (χ2n) is 4.44. The molecule has 0 bridgehead atoms. The number of methoxy groups -OCH3 is 1. The van der Waals surface area contributed by atoms with E-state index in [1.54, 1.807) is 24.3 Å². The minimum atomic E-state index is -0.695. The summed E-state index contributed by atoms with van der Waals surface area (Å²) in [5.41, 5.74) is 0.476. The number of nitrogens with zero attached hydrogens (tertiary/aromatic N) is 1. The van der Waals surface area contributed by atoms with Gasteiger partial charge in [0.2, 0.25) is 0 Å². The highest BCUT2D eigenvalue weighted by Gasteiger charge is 2.15. The highest BCUT2D eigenvalue weighted by Crippen LogP contribution is 2.22. The molecule has 2 N–H and O–H groups in total. The lowest BCUT2D eigenvalue weighted by Gasteiger charge is -2.17. The van der Waals surface area contributed by atoms with Gasteiger partial charge in [0, 0.05) is 13.1 Å². The van der Waals surface area contributed by atoms with Gasteiger partial charge in [-0.25, -0.2) is 0 Å². The number of benzene rings is 1. The summed E-state index contributed by atoms with van der Waals surface area (Å²) in [6.07, 6.45) is 0. The van der Waals surface area contributed by atoms with E-state index in [9.17, 15) is 9.59 Å². The molecule has 0 saturated carbocycles. The predicted molar refractivity (Wildman–Crippen MR) is 82.4 cm³/mol. The molecule has 0 radical (unpaired) electrons. The number of likely N-dealkylation sites (N-methyl/N-ethyl adjacent to an activating group) is 1. The van der Waals surface area contributed by atoms with Crippen LogP contribution in [0.4, 0.5) is 5.69 Å². The van der Waals surface area contributed by atoms with Crippen LogP contribution in [0.3, 0.4) is 0 Å². The predicted octanol–water partition coefficient (Wildman–Crippen LogP) is 1.09. The zero-order chi connectivity index (χ0) is 15.7. The van der Waals surface area contributed by atoms with Crippen molar-refractivity contribution in [2.75, 3.05) is 38.6 Å². The fourth-order valence-corrected chi connectivity index (χ4v) is 1.87. The molecule has 0 aliphatic heterocycles. The van der Waals surface area contributed by atoms with E-state index < -0.39 is 11.8 Å². The summed E-state index contributed by atoms with van der Waals surface area (Å²) in [4.78, 5) is 25.7. The van der Waals surface area contributed by atoms with Crippen molar-refractivity contribution in [3.63, 3.8) is 0 Å². The normalized spacial score (nSPS) is 10.3. The second kappa shape index (κ2) is 8.97. The summed E-state index contributed by atoms with van der Waals surface area (Å²) < 4.78 is 5.11. The number of carbonyl (C=O) groups excluding carboxylic acids is 2. The number of nitrogens with one attached hydrogen (secondary N) is 2. The van der Waals surface area contributed by atoms with E-state index in [-0.39, 0.29) is 0 Å². The van der Waals surface area contributed by atoms with Crippen LogP contribution in [0.1, 0.15) is 13.8 Å². The van der Waals surface area contributed by atoms with Crippen LogP contribution in [0.5, 0.6) is 5.75 Å². The smallest absolute Gasteiger partial charge is 0.313 e. The first-order chi connectivity index (χ1) is 10.1. The second-order valence-corrected chi connectivity index (χ2v) is 4.44. The molecule has 1 aromatic carbocycles. The minimum Gasteiger partial charge on any atom is -0.495 e. The SMILES string of the molecule is CCN(CC)CCNC(=O)C(=O)Nc1ccccc1OC. The quantitative estimate of drug-likeness (QED) is 0.738. The molecule has 1 rings (SSSR count). The molecule has 0 aliphatic carbocycles. The number of carbonyl (C=O) groups is 2. The van der Waals surface area contributed by atoms with Gasteiger partial charge in [0.15, 0.2) is 0 Å². The van der Waals surface area contributed by atoms with Crippen LogP contribution in [-0.2, 0) is 9.59 Å². The van der Waals surface area contributed by atoms with Gasteiger partial charge in [-0.15, -0.1) is 0 Å². The van der Waals surface area contributed by atoms with Crippen molar-refractivity contribution in [1.29, 1.82) is 0 Å². The van der Waals surface area contributed by atoms with E-state index in [4.69, 9.17) is 4.74 Å². The van der Waals surface area contributed by atoms with Gasteiger partial charge in [-0.2, -0.15) is 0 Å². The molecule has 0 fully saturated rings. The highest BCUT2D eigenvalue weighted by atomic mass is 16.5. The number of ether oxygens (including phenoxy) is 1. The van der Waals surface area contributed by atoms with E-state index in [0.29, 0.717) is 18.0 Å². The van der Waals surface area contributed by atoms with Crippen LogP contribution in [0, 0.1) is 0 Å². The van der Waals surface area contributed by atoms with E-state index in [2.05, 4.69) is 29.4 Å². The van der Waals surface area contributed by atoms with Gasteiger partial charge in [-0.3, -0.25) is 9.59 Å². The maximum Gasteiger partial charge on any atom is 0.313 e. The average molecular weight is 293 g/mol. The van der Waals surface area contributed by atoms with Crippen molar-refractivity contribution < 1.29 is 14.3 Å². The van der Waals surface area contributed by atoms with Crippen molar-refractivity contribution in [3.05, 3.63) is 24.3 Å². The van der Waals surface area contributed by atoms with E-state index in [1.165, 1.54) is 7.11 Å². The lowest BCUT2D eigenvalue weighted by atomic mass is 10.3. The number of para-hydroxylation sites is 2. The van der Waals surface area contributed by atoms with Crippen LogP contribution >= 0.6 is 0 Å². The fraction of sp³-hybridized carbons (Fsp3) is 0.467. The van der Waals surface area contributed by atoms with Gasteiger partial charge in [0.1, 0.15) is 5.75 Å². The zero-order valence-electron chi connectivity index (χ0n) is 12.8. The van der Waals surface area contributed by atoms with Gasteiger partial charge in [0.25, 0.3) is 0 Å². The summed E-state index contributed by atoms with van der Waals surface area (Å²) in [6, 6.07) is 6.95. The van der Waals surface area contributed by atoms with Crippen LogP contribution in [0.25, 0.3) is 0 Å². The van der Waals surface area contributed by atoms with Crippen molar-refractivity contribution in [1.82, 2.24) is 10.2 Å². The van der Waals surface area contributed by atoms with Crippen LogP contribution in [0.2, 0.25) is 0 Å². The third kappa shape index (κ3) is 5.43. The van der Waals surface area contributed by atoms with Gasteiger partial charge in [-0.1, -0.05) is 26.0 Å². The molecule has 0 spiro atoms. The molecule has 0 atom stereocenters. The molecule has 0 unspecified atom stereocenters. The van der Waals surface area contributed by atoms with Crippen molar-refractivity contribution in [2.24, 2.45) is 0 Å². The zero-order valence-corrected chi connectivity index (χ0v) is 12.8. The van der Waals surface area contributed by atoms with Crippen LogP contribution in [0.15, 0.2) is 24.3 Å². The molecule has 6 heteroatoms. The molecule has 6 nitrogen and oxygen atoms in total. The third-order valence-electron chi connectivity index (χ3n) is 3.17.